The van der Waals surface area contributed by atoms with Gasteiger partial charge in [-0.25, -0.2) is 9.97 Å². The van der Waals surface area contributed by atoms with E-state index < -0.39 is 0 Å². The Morgan fingerprint density at radius 2 is 2.04 bits per heavy atom. The van der Waals surface area contributed by atoms with Crippen LogP contribution in [0.3, 0.4) is 0 Å². The van der Waals surface area contributed by atoms with Gasteiger partial charge in [-0.2, -0.15) is 0 Å². The fourth-order valence-electron chi connectivity index (χ4n) is 2.78. The number of aromatic nitrogens is 3. The number of allylic oxidation sites excluding steroid dienone is 4. The third-order valence-corrected chi connectivity index (χ3v) is 4.15. The largest absolute Gasteiger partial charge is 0.381 e. The molecule has 0 aliphatic heterocycles. The van der Waals surface area contributed by atoms with Crippen molar-refractivity contribution >= 4 is 28.3 Å². The van der Waals surface area contributed by atoms with Gasteiger partial charge in [-0.3, -0.25) is 9.78 Å². The van der Waals surface area contributed by atoms with Crippen LogP contribution in [0.15, 0.2) is 36.3 Å². The van der Waals surface area contributed by atoms with Crippen molar-refractivity contribution in [1.82, 2.24) is 19.9 Å². The molecule has 0 spiro atoms. The van der Waals surface area contributed by atoms with Crippen LogP contribution >= 0.6 is 0 Å². The lowest BCUT2D eigenvalue weighted by Crippen LogP contribution is -2.17. The second kappa shape index (κ2) is 7.29. The third-order valence-electron chi connectivity index (χ3n) is 4.15. The summed E-state index contributed by atoms with van der Waals surface area (Å²) in [6, 6.07) is 1.96. The van der Waals surface area contributed by atoms with E-state index in [1.165, 1.54) is 5.70 Å². The van der Waals surface area contributed by atoms with Crippen LogP contribution in [0.1, 0.15) is 25.0 Å². The number of pyridine rings is 1. The number of anilines is 1. The average Bonchev–Trinajstić information content (AvgIpc) is 2.61. The Balaban J connectivity index is 1.95. The number of carbonyl (C=O) groups is 1. The van der Waals surface area contributed by atoms with Gasteiger partial charge in [-0.05, 0) is 30.6 Å². The van der Waals surface area contributed by atoms with Gasteiger partial charge < -0.3 is 16.0 Å². The zero-order valence-electron chi connectivity index (χ0n) is 14.5. The Labute approximate surface area is 146 Å². The van der Waals surface area contributed by atoms with Gasteiger partial charge in [-0.15, -0.1) is 0 Å². The molecule has 0 aromatic carbocycles. The molecule has 2 heterocycles. The Bertz CT molecular complexity index is 856. The fourth-order valence-corrected chi connectivity index (χ4v) is 2.78. The number of fused-ring (bicyclic) bond motifs is 1. The van der Waals surface area contributed by atoms with Crippen molar-refractivity contribution in [2.24, 2.45) is 5.73 Å². The maximum Gasteiger partial charge on any atom is 0.219 e. The van der Waals surface area contributed by atoms with E-state index in [4.69, 9.17) is 10.7 Å². The topological polar surface area (TPSA) is 97.0 Å². The normalized spacial score (nSPS) is 14.0. The van der Waals surface area contributed by atoms with Crippen molar-refractivity contribution < 1.29 is 4.79 Å². The van der Waals surface area contributed by atoms with Crippen LogP contribution in [0.2, 0.25) is 0 Å². The summed E-state index contributed by atoms with van der Waals surface area (Å²) in [4.78, 5) is 26.6. The quantitative estimate of drug-likeness (QED) is 0.835. The first kappa shape index (κ1) is 16.9. The Hall–Kier alpha value is -2.96. The van der Waals surface area contributed by atoms with Crippen molar-refractivity contribution in [2.45, 2.75) is 19.3 Å². The highest BCUT2D eigenvalue weighted by atomic mass is 16.1. The van der Waals surface area contributed by atoms with E-state index in [1.54, 1.807) is 12.4 Å². The number of carbonyl (C=O) groups excluding carboxylic acids is 1. The number of hydrogen-bond acceptors (Lipinski definition) is 6. The number of nitrogens with two attached hydrogens (primary N) is 1. The molecule has 0 bridgehead atoms. The maximum absolute atomic E-state index is 11.0. The smallest absolute Gasteiger partial charge is 0.219 e. The van der Waals surface area contributed by atoms with Crippen molar-refractivity contribution in [2.75, 3.05) is 26.0 Å². The lowest BCUT2D eigenvalue weighted by Gasteiger charge is -2.21. The van der Waals surface area contributed by atoms with Crippen LogP contribution in [-0.2, 0) is 4.79 Å². The van der Waals surface area contributed by atoms with E-state index in [2.05, 4.69) is 46.4 Å². The Kier molecular flexibility index (Phi) is 4.92. The molecule has 3 rings (SSSR count). The minimum absolute atomic E-state index is 0.241. The number of primary amides is 1. The molecule has 0 atom stereocenters. The molecule has 7 heteroatoms. The predicted molar refractivity (Wildman–Crippen MR) is 98.6 cm³/mol. The Morgan fingerprint density at radius 3 is 2.72 bits per heavy atom. The molecule has 2 aromatic rings. The van der Waals surface area contributed by atoms with Crippen molar-refractivity contribution in [3.05, 3.63) is 42.0 Å². The van der Waals surface area contributed by atoms with Crippen LogP contribution < -0.4 is 11.1 Å². The summed E-state index contributed by atoms with van der Waals surface area (Å²) in [6.45, 7) is 0.418. The fraction of sp³-hybridized carbons (Fsp3) is 0.333. The van der Waals surface area contributed by atoms with Gasteiger partial charge in [0.05, 0.1) is 11.2 Å². The van der Waals surface area contributed by atoms with E-state index in [9.17, 15) is 4.79 Å². The molecule has 1 aliphatic rings. The molecule has 0 radical (unpaired) electrons. The first-order chi connectivity index (χ1) is 12.0. The van der Waals surface area contributed by atoms with E-state index in [0.717, 1.165) is 29.6 Å². The molecule has 1 aliphatic carbocycles. The third kappa shape index (κ3) is 3.93. The van der Waals surface area contributed by atoms with Crippen LogP contribution in [0.25, 0.3) is 16.6 Å². The highest BCUT2D eigenvalue weighted by Crippen LogP contribution is 2.29. The standard InChI is InChI=1S/C18H22N6O/c1-24(2)13-5-3-12(4-6-13)14-11-15-17(21-10-9-20-15)18(23-14)22-8-7-16(19)25/h3,5,9-11H,4,6-8H2,1-2H3,(H2,19,25)(H,22,23). The van der Waals surface area contributed by atoms with Gasteiger partial charge in [0.15, 0.2) is 5.82 Å². The van der Waals surface area contributed by atoms with Crippen LogP contribution in [-0.4, -0.2) is 46.4 Å². The summed E-state index contributed by atoms with van der Waals surface area (Å²) in [7, 11) is 4.10. The summed E-state index contributed by atoms with van der Waals surface area (Å²) in [5.41, 5.74) is 10.0. The number of nitrogens with one attached hydrogen (secondary N) is 1. The van der Waals surface area contributed by atoms with E-state index >= 15 is 0 Å². The van der Waals surface area contributed by atoms with Crippen LogP contribution in [0.5, 0.6) is 0 Å². The average molecular weight is 338 g/mol. The molecule has 7 nitrogen and oxygen atoms in total. The zero-order valence-corrected chi connectivity index (χ0v) is 14.5. The summed E-state index contributed by atoms with van der Waals surface area (Å²) in [5.74, 6) is 0.278. The van der Waals surface area contributed by atoms with Crippen LogP contribution in [0.4, 0.5) is 5.82 Å². The highest BCUT2D eigenvalue weighted by Gasteiger charge is 2.14. The Morgan fingerprint density at radius 1 is 1.24 bits per heavy atom. The lowest BCUT2D eigenvalue weighted by molar-refractivity contribution is -0.117. The number of rotatable bonds is 6. The van der Waals surface area contributed by atoms with Gasteiger partial charge in [0.25, 0.3) is 0 Å². The maximum atomic E-state index is 11.0. The van der Waals surface area contributed by atoms with Gasteiger partial charge in [-0.1, -0.05) is 6.08 Å². The zero-order chi connectivity index (χ0) is 17.8. The minimum Gasteiger partial charge on any atom is -0.381 e. The lowest BCUT2D eigenvalue weighted by atomic mass is 9.98. The number of hydrogen-bond donors (Lipinski definition) is 2. The van der Waals surface area contributed by atoms with Crippen molar-refractivity contribution in [3.8, 4) is 0 Å². The molecular weight excluding hydrogens is 316 g/mol. The summed E-state index contributed by atoms with van der Waals surface area (Å²) in [5, 5.41) is 3.16. The molecule has 3 N–H and O–H groups in total. The van der Waals surface area contributed by atoms with Crippen molar-refractivity contribution in [3.63, 3.8) is 0 Å². The molecule has 25 heavy (non-hydrogen) atoms. The van der Waals surface area contributed by atoms with E-state index in [0.29, 0.717) is 17.9 Å². The minimum atomic E-state index is -0.351. The molecule has 130 valence electrons. The second-order valence-corrected chi connectivity index (χ2v) is 6.17. The molecule has 0 saturated carbocycles. The monoisotopic (exact) mass is 338 g/mol. The summed E-state index contributed by atoms with van der Waals surface area (Å²) >= 11 is 0. The SMILES string of the molecule is CN(C)C1=CC=C(c2cc3nccnc3c(NCCC(N)=O)n2)CC1. The van der Waals surface area contributed by atoms with Gasteiger partial charge in [0, 0.05) is 45.2 Å². The molecule has 2 aromatic heterocycles. The number of nitrogens with zero attached hydrogens (tertiary/aromatic N) is 4. The van der Waals surface area contributed by atoms with Gasteiger partial charge >= 0.3 is 0 Å². The van der Waals surface area contributed by atoms with Gasteiger partial charge in [0.2, 0.25) is 5.91 Å². The summed E-state index contributed by atoms with van der Waals surface area (Å²) < 4.78 is 0. The van der Waals surface area contributed by atoms with E-state index in [-0.39, 0.29) is 12.3 Å². The molecular formula is C18H22N6O. The van der Waals surface area contributed by atoms with Gasteiger partial charge in [0.1, 0.15) is 5.52 Å². The van der Waals surface area contributed by atoms with E-state index in [1.807, 2.05) is 6.07 Å². The predicted octanol–water partition coefficient (Wildman–Crippen LogP) is 1.93. The van der Waals surface area contributed by atoms with Crippen LogP contribution in [0, 0.1) is 0 Å². The highest BCUT2D eigenvalue weighted by molar-refractivity contribution is 5.88. The van der Waals surface area contributed by atoms with Crippen molar-refractivity contribution in [1.29, 1.82) is 0 Å². The molecule has 1 amide bonds. The number of amides is 1. The summed E-state index contributed by atoms with van der Waals surface area (Å²) in [6.07, 6.45) is 9.67. The molecule has 0 saturated heterocycles. The first-order valence-electron chi connectivity index (χ1n) is 8.26. The molecule has 0 unspecified atom stereocenters. The molecule has 0 fully saturated rings. The second-order valence-electron chi connectivity index (χ2n) is 6.17. The first-order valence-corrected chi connectivity index (χ1v) is 8.26.